The van der Waals surface area contributed by atoms with Gasteiger partial charge in [0, 0.05) is 11.0 Å². The van der Waals surface area contributed by atoms with Gasteiger partial charge < -0.3 is 10.4 Å². The number of aryl methyl sites for hydroxylation is 1. The maximum absolute atomic E-state index is 11.8. The molecule has 0 unspecified atom stereocenters. The van der Waals surface area contributed by atoms with Crippen LogP contribution >= 0.6 is 11.3 Å². The molecule has 1 heterocycles. The molecule has 0 atom stereocenters. The van der Waals surface area contributed by atoms with E-state index in [4.69, 9.17) is 0 Å². The lowest BCUT2D eigenvalue weighted by molar-refractivity contribution is -0.111. The second kappa shape index (κ2) is 6.16. The molecule has 0 bridgehead atoms. The summed E-state index contributed by atoms with van der Waals surface area (Å²) in [6.45, 7) is 1.70. The molecule has 2 aromatic rings. The van der Waals surface area contributed by atoms with Gasteiger partial charge in [-0.05, 0) is 36.1 Å². The van der Waals surface area contributed by atoms with E-state index in [9.17, 15) is 14.7 Å². The van der Waals surface area contributed by atoms with Gasteiger partial charge in [-0.2, -0.15) is 0 Å². The molecule has 0 saturated heterocycles. The van der Waals surface area contributed by atoms with E-state index >= 15 is 0 Å². The number of anilines is 1. The second-order valence-corrected chi connectivity index (χ2v) is 5.12. The first-order valence-corrected chi connectivity index (χ1v) is 6.81. The first-order valence-electron chi connectivity index (χ1n) is 5.93. The molecule has 4 nitrogen and oxygen atoms in total. The van der Waals surface area contributed by atoms with Gasteiger partial charge in [-0.3, -0.25) is 4.79 Å². The Morgan fingerprint density at radius 2 is 2.05 bits per heavy atom. The predicted octanol–water partition coefficient (Wildman–Crippen LogP) is 3.41. The number of hydrogen-bond acceptors (Lipinski definition) is 3. The zero-order valence-corrected chi connectivity index (χ0v) is 11.6. The molecule has 0 aliphatic carbocycles. The van der Waals surface area contributed by atoms with E-state index in [1.165, 1.54) is 17.4 Å². The van der Waals surface area contributed by atoms with Crippen LogP contribution in [0.1, 0.15) is 20.8 Å². The highest BCUT2D eigenvalue weighted by molar-refractivity contribution is 7.10. The summed E-state index contributed by atoms with van der Waals surface area (Å²) in [7, 11) is 0. The summed E-state index contributed by atoms with van der Waals surface area (Å²) in [5.41, 5.74) is 1.03. The Bertz CT molecular complexity index is 660. The minimum atomic E-state index is -1.05. The zero-order valence-electron chi connectivity index (χ0n) is 10.8. The number of thiophene rings is 1. The van der Waals surface area contributed by atoms with Crippen LogP contribution in [0, 0.1) is 6.92 Å². The van der Waals surface area contributed by atoms with Crippen molar-refractivity contribution >= 4 is 35.0 Å². The summed E-state index contributed by atoms with van der Waals surface area (Å²) in [5, 5.41) is 13.7. The van der Waals surface area contributed by atoms with Crippen molar-refractivity contribution in [2.45, 2.75) is 6.92 Å². The van der Waals surface area contributed by atoms with Crippen molar-refractivity contribution in [2.75, 3.05) is 5.32 Å². The van der Waals surface area contributed by atoms with Crippen LogP contribution in [-0.2, 0) is 4.79 Å². The van der Waals surface area contributed by atoms with E-state index in [0.29, 0.717) is 11.3 Å². The van der Waals surface area contributed by atoms with Crippen molar-refractivity contribution < 1.29 is 14.7 Å². The summed E-state index contributed by atoms with van der Waals surface area (Å²) < 4.78 is 0. The Balaban J connectivity index is 2.16. The molecule has 2 rings (SSSR count). The summed E-state index contributed by atoms with van der Waals surface area (Å²) in [4.78, 5) is 24.0. The Labute approximate surface area is 120 Å². The zero-order chi connectivity index (χ0) is 14.5. The van der Waals surface area contributed by atoms with E-state index in [1.807, 2.05) is 17.5 Å². The molecule has 0 radical (unpaired) electrons. The fourth-order valence-corrected chi connectivity index (χ4v) is 2.39. The summed E-state index contributed by atoms with van der Waals surface area (Å²) >= 11 is 1.52. The molecule has 0 spiro atoms. The van der Waals surface area contributed by atoms with Crippen LogP contribution in [0.25, 0.3) is 6.08 Å². The predicted molar refractivity (Wildman–Crippen MR) is 80.1 cm³/mol. The van der Waals surface area contributed by atoms with Gasteiger partial charge >= 0.3 is 5.97 Å². The van der Waals surface area contributed by atoms with E-state index < -0.39 is 5.97 Å². The first kappa shape index (κ1) is 14.0. The number of carbonyl (C=O) groups excluding carboxylic acids is 1. The Morgan fingerprint density at radius 3 is 2.70 bits per heavy atom. The van der Waals surface area contributed by atoms with Crippen LogP contribution in [0.5, 0.6) is 0 Å². The molecule has 0 aliphatic heterocycles. The summed E-state index contributed by atoms with van der Waals surface area (Å²) in [6.07, 6.45) is 3.08. The number of hydrogen-bond donors (Lipinski definition) is 2. The quantitative estimate of drug-likeness (QED) is 0.847. The van der Waals surface area contributed by atoms with Crippen molar-refractivity contribution in [3.05, 3.63) is 57.8 Å². The minimum absolute atomic E-state index is 0.116. The molecule has 5 heteroatoms. The Hall–Kier alpha value is -2.40. The van der Waals surface area contributed by atoms with Gasteiger partial charge in [0.1, 0.15) is 0 Å². The lowest BCUT2D eigenvalue weighted by Gasteiger charge is -2.08. The van der Waals surface area contributed by atoms with Gasteiger partial charge in [0.25, 0.3) is 0 Å². The summed E-state index contributed by atoms with van der Waals surface area (Å²) in [6, 6.07) is 8.77. The highest BCUT2D eigenvalue weighted by Crippen LogP contribution is 2.19. The smallest absolute Gasteiger partial charge is 0.338 e. The van der Waals surface area contributed by atoms with Crippen molar-refractivity contribution in [1.29, 1.82) is 0 Å². The standard InChI is InChI=1S/C15H13NO3S/c1-10-4-2-6-12(14(10)15(18)19)16-13(17)8-7-11-5-3-9-20-11/h2-9H,1H3,(H,16,17)(H,18,19). The third-order valence-corrected chi connectivity index (χ3v) is 3.52. The third kappa shape index (κ3) is 3.33. The first-order chi connectivity index (χ1) is 9.58. The average Bonchev–Trinajstić information content (AvgIpc) is 2.89. The molecule has 1 aromatic heterocycles. The minimum Gasteiger partial charge on any atom is -0.478 e. The van der Waals surface area contributed by atoms with Crippen LogP contribution in [0.3, 0.4) is 0 Å². The molecule has 20 heavy (non-hydrogen) atoms. The van der Waals surface area contributed by atoms with Crippen LogP contribution < -0.4 is 5.32 Å². The number of rotatable bonds is 4. The molecule has 102 valence electrons. The maximum Gasteiger partial charge on any atom is 0.338 e. The highest BCUT2D eigenvalue weighted by Gasteiger charge is 2.13. The van der Waals surface area contributed by atoms with E-state index in [-0.39, 0.29) is 11.5 Å². The van der Waals surface area contributed by atoms with E-state index in [0.717, 1.165) is 4.88 Å². The molecular weight excluding hydrogens is 274 g/mol. The molecule has 1 aromatic carbocycles. The molecule has 0 saturated carbocycles. The SMILES string of the molecule is Cc1cccc(NC(=O)C=Cc2cccs2)c1C(=O)O. The number of benzene rings is 1. The molecular formula is C15H13NO3S. The van der Waals surface area contributed by atoms with Crippen LogP contribution in [0.4, 0.5) is 5.69 Å². The van der Waals surface area contributed by atoms with Crippen molar-refractivity contribution in [1.82, 2.24) is 0 Å². The van der Waals surface area contributed by atoms with Gasteiger partial charge in [0.05, 0.1) is 11.3 Å². The molecule has 0 aliphatic rings. The fraction of sp³-hybridized carbons (Fsp3) is 0.0667. The molecule has 0 fully saturated rings. The molecule has 1 amide bonds. The lowest BCUT2D eigenvalue weighted by Crippen LogP contribution is -2.13. The van der Waals surface area contributed by atoms with Gasteiger partial charge in [-0.15, -0.1) is 11.3 Å². The Morgan fingerprint density at radius 1 is 1.25 bits per heavy atom. The number of carboxylic acid groups (broad SMARTS) is 1. The number of amides is 1. The number of carbonyl (C=O) groups is 2. The normalized spacial score (nSPS) is 10.7. The number of aromatic carboxylic acids is 1. The monoisotopic (exact) mass is 287 g/mol. The maximum atomic E-state index is 11.8. The van der Waals surface area contributed by atoms with E-state index in [1.54, 1.807) is 31.2 Å². The number of nitrogens with one attached hydrogen (secondary N) is 1. The summed E-state index contributed by atoms with van der Waals surface area (Å²) in [5.74, 6) is -1.41. The van der Waals surface area contributed by atoms with Crippen molar-refractivity contribution in [3.63, 3.8) is 0 Å². The van der Waals surface area contributed by atoms with Crippen molar-refractivity contribution in [2.24, 2.45) is 0 Å². The average molecular weight is 287 g/mol. The van der Waals surface area contributed by atoms with E-state index in [2.05, 4.69) is 5.32 Å². The second-order valence-electron chi connectivity index (χ2n) is 4.14. The third-order valence-electron chi connectivity index (χ3n) is 2.69. The van der Waals surface area contributed by atoms with Gasteiger partial charge in [-0.25, -0.2) is 4.79 Å². The Kier molecular flexibility index (Phi) is 4.32. The lowest BCUT2D eigenvalue weighted by atomic mass is 10.1. The highest BCUT2D eigenvalue weighted by atomic mass is 32.1. The van der Waals surface area contributed by atoms with Crippen LogP contribution in [-0.4, -0.2) is 17.0 Å². The van der Waals surface area contributed by atoms with Gasteiger partial charge in [-0.1, -0.05) is 18.2 Å². The van der Waals surface area contributed by atoms with Gasteiger partial charge in [0.2, 0.25) is 5.91 Å². The van der Waals surface area contributed by atoms with Crippen LogP contribution in [0.2, 0.25) is 0 Å². The topological polar surface area (TPSA) is 66.4 Å². The van der Waals surface area contributed by atoms with Gasteiger partial charge in [0.15, 0.2) is 0 Å². The molecule has 2 N–H and O–H groups in total. The van der Waals surface area contributed by atoms with Crippen molar-refractivity contribution in [3.8, 4) is 0 Å². The van der Waals surface area contributed by atoms with Crippen LogP contribution in [0.15, 0.2) is 41.8 Å². The number of carboxylic acids is 1. The fourth-order valence-electron chi connectivity index (χ4n) is 1.77. The largest absolute Gasteiger partial charge is 0.478 e.